The second kappa shape index (κ2) is 8.51. The lowest BCUT2D eigenvalue weighted by atomic mass is 10.0. The summed E-state index contributed by atoms with van der Waals surface area (Å²) in [5.74, 6) is 0.705. The lowest BCUT2D eigenvalue weighted by Gasteiger charge is -2.27. The molecule has 1 fully saturated rings. The van der Waals surface area contributed by atoms with Crippen molar-refractivity contribution in [3.63, 3.8) is 0 Å². The van der Waals surface area contributed by atoms with Crippen LogP contribution in [0.2, 0.25) is 0 Å². The molecular weight excluding hydrogens is 242 g/mol. The van der Waals surface area contributed by atoms with Gasteiger partial charge in [0.15, 0.2) is 0 Å². The molecule has 112 valence electrons. The molecule has 5 heteroatoms. The maximum Gasteiger partial charge on any atom is 0.221 e. The first-order valence-electron chi connectivity index (χ1n) is 7.22. The summed E-state index contributed by atoms with van der Waals surface area (Å²) in [4.78, 5) is 14.2. The van der Waals surface area contributed by atoms with Crippen LogP contribution in [-0.4, -0.2) is 63.3 Å². The molecule has 1 heterocycles. The van der Waals surface area contributed by atoms with Gasteiger partial charge in [-0.2, -0.15) is 0 Å². The monoisotopic (exact) mass is 271 g/mol. The number of ether oxygens (including phenoxy) is 1. The van der Waals surface area contributed by atoms with E-state index in [1.807, 2.05) is 14.1 Å². The molecule has 2 unspecified atom stereocenters. The predicted octanol–water partition coefficient (Wildman–Crippen LogP) is 0.457. The van der Waals surface area contributed by atoms with E-state index < -0.39 is 0 Å². The summed E-state index contributed by atoms with van der Waals surface area (Å²) in [5, 5.41) is 6.46. The standard InChI is InChI=1S/C14H29N3O2/c1-11(2)7-12(9-17(3)4)16-14(18)8-13-10-19-6-5-15-13/h11-13,15H,5-10H2,1-4H3,(H,16,18). The first-order chi connectivity index (χ1) is 8.97. The van der Waals surface area contributed by atoms with Crippen LogP contribution in [0, 0.1) is 5.92 Å². The van der Waals surface area contributed by atoms with Crippen molar-refractivity contribution in [2.75, 3.05) is 40.4 Å². The molecule has 0 aromatic heterocycles. The number of amides is 1. The Morgan fingerprint density at radius 2 is 2.21 bits per heavy atom. The van der Waals surface area contributed by atoms with Gasteiger partial charge in [-0.15, -0.1) is 0 Å². The molecule has 0 saturated carbocycles. The molecule has 1 aliphatic heterocycles. The number of nitrogens with zero attached hydrogens (tertiary/aromatic N) is 1. The second-order valence-electron chi connectivity index (χ2n) is 6.09. The van der Waals surface area contributed by atoms with Gasteiger partial charge >= 0.3 is 0 Å². The van der Waals surface area contributed by atoms with Crippen LogP contribution in [0.5, 0.6) is 0 Å². The third kappa shape index (κ3) is 7.50. The van der Waals surface area contributed by atoms with E-state index in [0.717, 1.165) is 26.1 Å². The zero-order chi connectivity index (χ0) is 14.3. The van der Waals surface area contributed by atoms with E-state index in [1.165, 1.54) is 0 Å². The van der Waals surface area contributed by atoms with Crippen molar-refractivity contribution in [1.29, 1.82) is 0 Å². The Morgan fingerprint density at radius 1 is 1.47 bits per heavy atom. The summed E-state index contributed by atoms with van der Waals surface area (Å²) in [5.41, 5.74) is 0. The van der Waals surface area contributed by atoms with Gasteiger partial charge in [0.05, 0.1) is 13.2 Å². The SMILES string of the molecule is CC(C)CC(CN(C)C)NC(=O)CC1COCCN1. The van der Waals surface area contributed by atoms with Crippen molar-refractivity contribution in [2.24, 2.45) is 5.92 Å². The fourth-order valence-electron chi connectivity index (χ4n) is 2.45. The Morgan fingerprint density at radius 3 is 2.74 bits per heavy atom. The highest BCUT2D eigenvalue weighted by molar-refractivity contribution is 5.77. The van der Waals surface area contributed by atoms with Crippen molar-refractivity contribution in [3.8, 4) is 0 Å². The number of likely N-dealkylation sites (N-methyl/N-ethyl adjacent to an activating group) is 1. The molecule has 5 nitrogen and oxygen atoms in total. The van der Waals surface area contributed by atoms with Crippen molar-refractivity contribution >= 4 is 5.91 Å². The molecule has 1 rings (SSSR count). The van der Waals surface area contributed by atoms with Crippen LogP contribution in [-0.2, 0) is 9.53 Å². The number of rotatable bonds is 7. The highest BCUT2D eigenvalue weighted by Gasteiger charge is 2.20. The summed E-state index contributed by atoms with van der Waals surface area (Å²) in [6.45, 7) is 7.48. The van der Waals surface area contributed by atoms with E-state index in [1.54, 1.807) is 0 Å². The molecule has 1 amide bonds. The number of morpholine rings is 1. The van der Waals surface area contributed by atoms with Crippen LogP contribution in [0.3, 0.4) is 0 Å². The van der Waals surface area contributed by atoms with Crippen molar-refractivity contribution < 1.29 is 9.53 Å². The molecule has 0 spiro atoms. The Kier molecular flexibility index (Phi) is 7.34. The minimum Gasteiger partial charge on any atom is -0.378 e. The van der Waals surface area contributed by atoms with Gasteiger partial charge in [0.2, 0.25) is 5.91 Å². The topological polar surface area (TPSA) is 53.6 Å². The molecule has 1 saturated heterocycles. The number of hydrogen-bond acceptors (Lipinski definition) is 4. The first-order valence-corrected chi connectivity index (χ1v) is 7.22. The van der Waals surface area contributed by atoms with Crippen LogP contribution in [0.1, 0.15) is 26.7 Å². The smallest absolute Gasteiger partial charge is 0.221 e. The molecule has 19 heavy (non-hydrogen) atoms. The number of nitrogens with one attached hydrogen (secondary N) is 2. The summed E-state index contributed by atoms with van der Waals surface area (Å²) in [7, 11) is 4.08. The second-order valence-corrected chi connectivity index (χ2v) is 6.09. The number of carbonyl (C=O) groups excluding carboxylic acids is 1. The van der Waals surface area contributed by atoms with Gasteiger partial charge in [0.1, 0.15) is 0 Å². The maximum atomic E-state index is 12.1. The minimum atomic E-state index is 0.121. The molecule has 0 aliphatic carbocycles. The van der Waals surface area contributed by atoms with Gasteiger partial charge in [-0.05, 0) is 26.4 Å². The van der Waals surface area contributed by atoms with Crippen LogP contribution in [0.25, 0.3) is 0 Å². The Labute approximate surface area is 117 Å². The fourth-order valence-corrected chi connectivity index (χ4v) is 2.45. The van der Waals surface area contributed by atoms with E-state index >= 15 is 0 Å². The number of hydrogen-bond donors (Lipinski definition) is 2. The zero-order valence-electron chi connectivity index (χ0n) is 12.7. The number of carbonyl (C=O) groups is 1. The van der Waals surface area contributed by atoms with Gasteiger partial charge in [-0.1, -0.05) is 13.8 Å². The molecule has 0 aromatic rings. The van der Waals surface area contributed by atoms with Gasteiger partial charge in [0.25, 0.3) is 0 Å². The molecule has 1 aliphatic rings. The highest BCUT2D eigenvalue weighted by Crippen LogP contribution is 2.07. The summed E-state index contributed by atoms with van der Waals surface area (Å²) in [6.07, 6.45) is 1.51. The van der Waals surface area contributed by atoms with Crippen molar-refractivity contribution in [3.05, 3.63) is 0 Å². The van der Waals surface area contributed by atoms with E-state index in [0.29, 0.717) is 18.9 Å². The fraction of sp³-hybridized carbons (Fsp3) is 0.929. The van der Waals surface area contributed by atoms with Crippen LogP contribution in [0.4, 0.5) is 0 Å². The quantitative estimate of drug-likeness (QED) is 0.706. The molecule has 2 N–H and O–H groups in total. The van der Waals surface area contributed by atoms with Crippen LogP contribution >= 0.6 is 0 Å². The lowest BCUT2D eigenvalue weighted by molar-refractivity contribution is -0.123. The average Bonchev–Trinajstić information content (AvgIpc) is 2.27. The van der Waals surface area contributed by atoms with E-state index in [2.05, 4.69) is 29.4 Å². The van der Waals surface area contributed by atoms with Crippen LogP contribution < -0.4 is 10.6 Å². The van der Waals surface area contributed by atoms with Gasteiger partial charge < -0.3 is 20.3 Å². The van der Waals surface area contributed by atoms with Crippen LogP contribution in [0.15, 0.2) is 0 Å². The Balaban J connectivity index is 2.36. The maximum absolute atomic E-state index is 12.1. The lowest BCUT2D eigenvalue weighted by Crippen LogP contribution is -2.47. The van der Waals surface area contributed by atoms with E-state index in [4.69, 9.17) is 4.74 Å². The third-order valence-electron chi connectivity index (χ3n) is 3.14. The highest BCUT2D eigenvalue weighted by atomic mass is 16.5. The molecular formula is C14H29N3O2. The van der Waals surface area contributed by atoms with Gasteiger partial charge in [-0.3, -0.25) is 4.79 Å². The third-order valence-corrected chi connectivity index (χ3v) is 3.14. The average molecular weight is 271 g/mol. The first kappa shape index (κ1) is 16.4. The molecule has 2 atom stereocenters. The zero-order valence-corrected chi connectivity index (χ0v) is 12.7. The molecule has 0 aromatic carbocycles. The minimum absolute atomic E-state index is 0.121. The Hall–Kier alpha value is -0.650. The van der Waals surface area contributed by atoms with Gasteiger partial charge in [-0.25, -0.2) is 0 Å². The predicted molar refractivity (Wildman–Crippen MR) is 77.2 cm³/mol. The normalized spacial score (nSPS) is 21.7. The van der Waals surface area contributed by atoms with Crippen molar-refractivity contribution in [1.82, 2.24) is 15.5 Å². The Bertz CT molecular complexity index is 253. The summed E-state index contributed by atoms with van der Waals surface area (Å²) >= 11 is 0. The van der Waals surface area contributed by atoms with Gasteiger partial charge in [0, 0.05) is 31.6 Å². The van der Waals surface area contributed by atoms with E-state index in [9.17, 15) is 4.79 Å². The largest absolute Gasteiger partial charge is 0.378 e. The van der Waals surface area contributed by atoms with E-state index in [-0.39, 0.29) is 18.0 Å². The molecule has 0 bridgehead atoms. The molecule has 0 radical (unpaired) electrons. The van der Waals surface area contributed by atoms with Crippen molar-refractivity contribution in [2.45, 2.75) is 38.8 Å². The summed E-state index contributed by atoms with van der Waals surface area (Å²) < 4.78 is 5.37. The summed E-state index contributed by atoms with van der Waals surface area (Å²) in [6, 6.07) is 0.389.